The molecule has 0 radical (unpaired) electrons. The molecule has 0 spiro atoms. The van der Waals surface area contributed by atoms with Gasteiger partial charge in [-0.05, 0) is 43.5 Å². The molecule has 6 nitrogen and oxygen atoms in total. The summed E-state index contributed by atoms with van der Waals surface area (Å²) in [6.45, 7) is 5.31. The van der Waals surface area contributed by atoms with Crippen molar-refractivity contribution in [3.8, 4) is 11.4 Å². The van der Waals surface area contributed by atoms with Gasteiger partial charge in [-0.25, -0.2) is 4.98 Å². The van der Waals surface area contributed by atoms with Crippen molar-refractivity contribution in [2.45, 2.75) is 40.2 Å². The smallest absolute Gasteiger partial charge is 0.257 e. The number of hydrogen-bond donors (Lipinski definition) is 2. The number of rotatable bonds is 7. The minimum atomic E-state index is -0.341. The van der Waals surface area contributed by atoms with Gasteiger partial charge in [0.15, 0.2) is 0 Å². The molecule has 0 unspecified atom stereocenters. The fourth-order valence-corrected chi connectivity index (χ4v) is 3.81. The molecule has 0 aliphatic heterocycles. The maximum atomic E-state index is 13.2. The number of benzene rings is 2. The fraction of sp³-hybridized carbons (Fsp3) is 0.292. The highest BCUT2D eigenvalue weighted by Crippen LogP contribution is 2.23. The number of nitrogens with one attached hydrogen (secondary N) is 1. The summed E-state index contributed by atoms with van der Waals surface area (Å²) in [7, 11) is 0. The van der Waals surface area contributed by atoms with Gasteiger partial charge in [-0.2, -0.15) is 0 Å². The molecule has 0 fully saturated rings. The quantitative estimate of drug-likeness (QED) is 0.584. The molecule has 1 amide bonds. The molecule has 0 saturated heterocycles. The van der Waals surface area contributed by atoms with Crippen molar-refractivity contribution in [1.29, 1.82) is 0 Å². The molecule has 31 heavy (non-hydrogen) atoms. The topological polar surface area (TPSA) is 84.2 Å². The highest BCUT2D eigenvalue weighted by Gasteiger charge is 2.18. The van der Waals surface area contributed by atoms with Crippen molar-refractivity contribution in [3.05, 3.63) is 80.2 Å². The maximum Gasteiger partial charge on any atom is 0.257 e. The molecular weight excluding hydrogens is 414 g/mol. The first-order valence-electron chi connectivity index (χ1n) is 10.2. The number of carbonyl (C=O) groups excluding carboxylic acids is 1. The Bertz CT molecular complexity index is 1170. The molecule has 1 aromatic heterocycles. The normalized spacial score (nSPS) is 10.9. The summed E-state index contributed by atoms with van der Waals surface area (Å²) in [5.41, 5.74) is 3.97. The van der Waals surface area contributed by atoms with Crippen LogP contribution in [0, 0.1) is 13.8 Å². The van der Waals surface area contributed by atoms with Gasteiger partial charge in [-0.15, -0.1) is 0 Å². The maximum absolute atomic E-state index is 13.2. The second-order valence-corrected chi connectivity index (χ2v) is 7.82. The molecule has 0 saturated carbocycles. The monoisotopic (exact) mass is 439 g/mol. The van der Waals surface area contributed by atoms with E-state index in [4.69, 9.17) is 11.6 Å². The van der Waals surface area contributed by atoms with E-state index in [-0.39, 0.29) is 31.0 Å². The average molecular weight is 440 g/mol. The summed E-state index contributed by atoms with van der Waals surface area (Å²) in [5.74, 6) is 0.0392. The summed E-state index contributed by atoms with van der Waals surface area (Å²) < 4.78 is 1.35. The predicted octanol–water partition coefficient (Wildman–Crippen LogP) is 3.92. The van der Waals surface area contributed by atoms with E-state index in [0.717, 1.165) is 23.2 Å². The molecular formula is C24H26ClN3O3. The Morgan fingerprint density at radius 1 is 1.19 bits per heavy atom. The van der Waals surface area contributed by atoms with Gasteiger partial charge in [0.05, 0.1) is 0 Å². The zero-order chi connectivity index (χ0) is 22.5. The van der Waals surface area contributed by atoms with Crippen LogP contribution in [0.3, 0.4) is 0 Å². The van der Waals surface area contributed by atoms with E-state index in [9.17, 15) is 14.7 Å². The van der Waals surface area contributed by atoms with E-state index in [0.29, 0.717) is 27.7 Å². The molecule has 0 bridgehead atoms. The molecule has 0 atom stereocenters. The standard InChI is InChI=1S/C24H26ClN3O3/c1-4-17-8-5-7-15(2)22(17)27-21(30)14-28-23(18-9-6-10-19(25)13-18)26-16(3)20(11-12-29)24(28)31/h5-10,13,29H,4,11-12,14H2,1-3H3,(H,27,30). The van der Waals surface area contributed by atoms with Crippen molar-refractivity contribution in [2.75, 3.05) is 11.9 Å². The van der Waals surface area contributed by atoms with E-state index in [1.54, 1.807) is 31.2 Å². The molecule has 7 heteroatoms. The molecule has 2 aromatic carbocycles. The number of anilines is 1. The molecule has 162 valence electrons. The number of nitrogens with zero attached hydrogens (tertiary/aromatic N) is 2. The van der Waals surface area contributed by atoms with Crippen LogP contribution < -0.4 is 10.9 Å². The first kappa shape index (κ1) is 22.7. The van der Waals surface area contributed by atoms with Gasteiger partial charge in [-0.1, -0.05) is 48.9 Å². The van der Waals surface area contributed by atoms with Gasteiger partial charge in [0.2, 0.25) is 5.91 Å². The van der Waals surface area contributed by atoms with Crippen molar-refractivity contribution < 1.29 is 9.90 Å². The van der Waals surface area contributed by atoms with Gasteiger partial charge in [0.1, 0.15) is 12.4 Å². The second-order valence-electron chi connectivity index (χ2n) is 7.39. The second kappa shape index (κ2) is 9.90. The van der Waals surface area contributed by atoms with Crippen LogP contribution in [0.2, 0.25) is 5.02 Å². The lowest BCUT2D eigenvalue weighted by Crippen LogP contribution is -2.33. The zero-order valence-electron chi connectivity index (χ0n) is 17.9. The van der Waals surface area contributed by atoms with Gasteiger partial charge in [-0.3, -0.25) is 14.2 Å². The van der Waals surface area contributed by atoms with E-state index >= 15 is 0 Å². The van der Waals surface area contributed by atoms with Gasteiger partial charge in [0, 0.05) is 40.6 Å². The zero-order valence-corrected chi connectivity index (χ0v) is 18.7. The Balaban J connectivity index is 2.06. The number of hydrogen-bond acceptors (Lipinski definition) is 4. The van der Waals surface area contributed by atoms with Crippen LogP contribution in [0.4, 0.5) is 5.69 Å². The lowest BCUT2D eigenvalue weighted by atomic mass is 10.1. The van der Waals surface area contributed by atoms with Crippen LogP contribution in [0.5, 0.6) is 0 Å². The number of aliphatic hydroxyl groups is 1. The van der Waals surface area contributed by atoms with E-state index in [1.807, 2.05) is 32.0 Å². The third-order valence-corrected chi connectivity index (χ3v) is 5.46. The van der Waals surface area contributed by atoms with E-state index < -0.39 is 0 Å². The number of amides is 1. The Morgan fingerprint density at radius 2 is 1.94 bits per heavy atom. The minimum Gasteiger partial charge on any atom is -0.396 e. The fourth-order valence-electron chi connectivity index (χ4n) is 3.62. The van der Waals surface area contributed by atoms with Crippen LogP contribution >= 0.6 is 11.6 Å². The van der Waals surface area contributed by atoms with Crippen LogP contribution in [0.25, 0.3) is 11.4 Å². The van der Waals surface area contributed by atoms with Crippen molar-refractivity contribution in [1.82, 2.24) is 9.55 Å². The lowest BCUT2D eigenvalue weighted by Gasteiger charge is -2.17. The summed E-state index contributed by atoms with van der Waals surface area (Å²) >= 11 is 6.14. The first-order valence-corrected chi connectivity index (χ1v) is 10.6. The number of carbonyl (C=O) groups is 1. The number of halogens is 1. The molecule has 3 rings (SSSR count). The summed E-state index contributed by atoms with van der Waals surface area (Å²) in [4.78, 5) is 30.8. The summed E-state index contributed by atoms with van der Waals surface area (Å²) in [6, 6.07) is 12.9. The number of aliphatic hydroxyl groups excluding tert-OH is 1. The number of aromatic nitrogens is 2. The van der Waals surface area contributed by atoms with Gasteiger partial charge >= 0.3 is 0 Å². The Hall–Kier alpha value is -2.96. The lowest BCUT2D eigenvalue weighted by molar-refractivity contribution is -0.116. The van der Waals surface area contributed by atoms with Crippen LogP contribution in [-0.4, -0.2) is 27.2 Å². The van der Waals surface area contributed by atoms with Gasteiger partial charge in [0.25, 0.3) is 5.56 Å². The highest BCUT2D eigenvalue weighted by molar-refractivity contribution is 6.30. The Labute approximate surface area is 186 Å². The van der Waals surface area contributed by atoms with E-state index in [1.165, 1.54) is 4.57 Å². The van der Waals surface area contributed by atoms with Crippen molar-refractivity contribution >= 4 is 23.2 Å². The number of aryl methyl sites for hydroxylation is 3. The number of para-hydroxylation sites is 1. The summed E-state index contributed by atoms with van der Waals surface area (Å²) in [5, 5.41) is 12.8. The van der Waals surface area contributed by atoms with Crippen LogP contribution in [0.1, 0.15) is 29.3 Å². The predicted molar refractivity (Wildman–Crippen MR) is 124 cm³/mol. The molecule has 1 heterocycles. The van der Waals surface area contributed by atoms with Crippen molar-refractivity contribution in [2.24, 2.45) is 0 Å². The van der Waals surface area contributed by atoms with Crippen LogP contribution in [0.15, 0.2) is 47.3 Å². The molecule has 0 aliphatic carbocycles. The van der Waals surface area contributed by atoms with Gasteiger partial charge < -0.3 is 10.4 Å². The minimum absolute atomic E-state index is 0.173. The largest absolute Gasteiger partial charge is 0.396 e. The average Bonchev–Trinajstić information content (AvgIpc) is 2.74. The summed E-state index contributed by atoms with van der Waals surface area (Å²) in [6.07, 6.45) is 0.949. The SMILES string of the molecule is CCc1cccc(C)c1NC(=O)Cn1c(-c2cccc(Cl)c2)nc(C)c(CCO)c1=O. The first-order chi connectivity index (χ1) is 14.8. The third kappa shape index (κ3) is 5.03. The Morgan fingerprint density at radius 3 is 2.61 bits per heavy atom. The van der Waals surface area contributed by atoms with E-state index in [2.05, 4.69) is 10.3 Å². The van der Waals surface area contributed by atoms with Crippen LogP contribution in [-0.2, 0) is 24.2 Å². The molecule has 0 aliphatic rings. The molecule has 3 aromatic rings. The van der Waals surface area contributed by atoms with Crippen molar-refractivity contribution in [3.63, 3.8) is 0 Å². The Kier molecular flexibility index (Phi) is 7.25. The third-order valence-electron chi connectivity index (χ3n) is 5.22. The highest BCUT2D eigenvalue weighted by atomic mass is 35.5. The molecule has 2 N–H and O–H groups in total.